The minimum Gasteiger partial charge on any atom is -0.469 e. The maximum atomic E-state index is 13.6. The lowest BCUT2D eigenvalue weighted by Crippen LogP contribution is -2.50. The molecule has 162 valence electrons. The molecule has 0 unspecified atom stereocenters. The van der Waals surface area contributed by atoms with Crippen LogP contribution in [0.4, 0.5) is 5.69 Å². The smallest absolute Gasteiger partial charge is 0.337 e. The Labute approximate surface area is 181 Å². The molecule has 2 heterocycles. The van der Waals surface area contributed by atoms with Gasteiger partial charge in [-0.15, -0.1) is 0 Å². The molecule has 7 nitrogen and oxygen atoms in total. The summed E-state index contributed by atoms with van der Waals surface area (Å²) >= 11 is 0. The molecular weight excluding hydrogens is 396 g/mol. The van der Waals surface area contributed by atoms with Crippen LogP contribution in [0.15, 0.2) is 48.5 Å². The quantitative estimate of drug-likeness (QED) is 0.746. The number of nitrogens with one attached hydrogen (secondary N) is 1. The highest BCUT2D eigenvalue weighted by Crippen LogP contribution is 2.46. The summed E-state index contributed by atoms with van der Waals surface area (Å²) in [5.74, 6) is -0.696. The van der Waals surface area contributed by atoms with Crippen LogP contribution in [0.3, 0.4) is 0 Å². The van der Waals surface area contributed by atoms with E-state index >= 15 is 0 Å². The molecule has 1 fully saturated rings. The third kappa shape index (κ3) is 3.93. The first-order valence-electron chi connectivity index (χ1n) is 10.5. The highest BCUT2D eigenvalue weighted by Gasteiger charge is 2.46. The molecule has 3 atom stereocenters. The van der Waals surface area contributed by atoms with E-state index in [0.29, 0.717) is 17.5 Å². The van der Waals surface area contributed by atoms with E-state index in [2.05, 4.69) is 5.32 Å². The molecule has 7 heteroatoms. The maximum absolute atomic E-state index is 13.6. The van der Waals surface area contributed by atoms with Crippen LogP contribution >= 0.6 is 0 Å². The Morgan fingerprint density at radius 2 is 1.81 bits per heavy atom. The summed E-state index contributed by atoms with van der Waals surface area (Å²) in [4.78, 5) is 39.5. The molecule has 1 amide bonds. The molecule has 4 rings (SSSR count). The van der Waals surface area contributed by atoms with Crippen LogP contribution < -0.4 is 10.2 Å². The van der Waals surface area contributed by atoms with E-state index in [1.807, 2.05) is 35.2 Å². The summed E-state index contributed by atoms with van der Waals surface area (Å²) in [7, 11) is 2.73. The van der Waals surface area contributed by atoms with Crippen LogP contribution in [0.1, 0.15) is 51.6 Å². The van der Waals surface area contributed by atoms with E-state index in [4.69, 9.17) is 9.47 Å². The van der Waals surface area contributed by atoms with Crippen LogP contribution in [-0.4, -0.2) is 44.7 Å². The predicted molar refractivity (Wildman–Crippen MR) is 115 cm³/mol. The second kappa shape index (κ2) is 8.89. The van der Waals surface area contributed by atoms with Crippen LogP contribution in [0.2, 0.25) is 0 Å². The van der Waals surface area contributed by atoms with E-state index in [-0.39, 0.29) is 36.3 Å². The van der Waals surface area contributed by atoms with Gasteiger partial charge in [0.15, 0.2) is 0 Å². The lowest BCUT2D eigenvalue weighted by molar-refractivity contribution is -0.140. The monoisotopic (exact) mass is 422 g/mol. The van der Waals surface area contributed by atoms with Gasteiger partial charge in [0.05, 0.1) is 19.8 Å². The highest BCUT2D eigenvalue weighted by atomic mass is 16.5. The van der Waals surface area contributed by atoms with Crippen LogP contribution in [0, 0.1) is 5.92 Å². The van der Waals surface area contributed by atoms with Crippen molar-refractivity contribution in [2.24, 2.45) is 5.92 Å². The molecule has 1 saturated heterocycles. The normalized spacial score (nSPS) is 21.7. The molecule has 0 aromatic heterocycles. The van der Waals surface area contributed by atoms with Gasteiger partial charge in [-0.05, 0) is 55.3 Å². The lowest BCUT2D eigenvalue weighted by atomic mass is 9.79. The molecule has 0 bridgehead atoms. The average molecular weight is 422 g/mol. The van der Waals surface area contributed by atoms with Crippen molar-refractivity contribution in [2.75, 3.05) is 25.7 Å². The Hall–Kier alpha value is -3.19. The molecule has 0 radical (unpaired) electrons. The highest BCUT2D eigenvalue weighted by molar-refractivity contribution is 6.07. The topological polar surface area (TPSA) is 84.9 Å². The first kappa shape index (κ1) is 21.1. The number of hydrogen-bond donors (Lipinski definition) is 1. The Balaban J connectivity index is 1.81. The number of hydrogen-bond acceptors (Lipinski definition) is 6. The Morgan fingerprint density at radius 1 is 1.03 bits per heavy atom. The number of nitrogens with zero attached hydrogens (tertiary/aromatic N) is 1. The summed E-state index contributed by atoms with van der Waals surface area (Å²) in [6.07, 6.45) is 1.61. The van der Waals surface area contributed by atoms with Gasteiger partial charge >= 0.3 is 11.9 Å². The van der Waals surface area contributed by atoms with Crippen molar-refractivity contribution >= 4 is 23.5 Å². The average Bonchev–Trinajstić information content (AvgIpc) is 3.31. The van der Waals surface area contributed by atoms with E-state index < -0.39 is 5.97 Å². The largest absolute Gasteiger partial charge is 0.469 e. The molecule has 0 saturated carbocycles. The number of carbonyl (C=O) groups excluding carboxylic acids is 3. The minimum atomic E-state index is -0.411. The second-order valence-electron chi connectivity index (χ2n) is 7.87. The molecule has 0 spiro atoms. The number of fused-ring (bicyclic) bond motifs is 3. The van der Waals surface area contributed by atoms with Gasteiger partial charge in [-0.3, -0.25) is 9.59 Å². The van der Waals surface area contributed by atoms with E-state index in [1.165, 1.54) is 14.2 Å². The fourth-order valence-corrected chi connectivity index (χ4v) is 4.81. The summed E-state index contributed by atoms with van der Waals surface area (Å²) in [6, 6.07) is 14.3. The SMILES string of the molecule is COC(=O)CC[C@H]1[C@@H]2CCN[C@@H]2c2cc(C(=O)OC)ccc2N1C(=O)c1ccccc1. The minimum absolute atomic E-state index is 0.00192. The van der Waals surface area contributed by atoms with Gasteiger partial charge in [-0.2, -0.15) is 0 Å². The van der Waals surface area contributed by atoms with Crippen molar-refractivity contribution in [2.45, 2.75) is 31.3 Å². The summed E-state index contributed by atoms with van der Waals surface area (Å²) in [6.45, 7) is 0.805. The van der Waals surface area contributed by atoms with Crippen molar-refractivity contribution in [3.05, 3.63) is 65.2 Å². The molecule has 2 aliphatic rings. The number of esters is 2. The lowest BCUT2D eigenvalue weighted by Gasteiger charge is -2.44. The number of carbonyl (C=O) groups is 3. The number of anilines is 1. The molecule has 2 aromatic rings. The van der Waals surface area contributed by atoms with Crippen molar-refractivity contribution < 1.29 is 23.9 Å². The molecule has 1 N–H and O–H groups in total. The van der Waals surface area contributed by atoms with Crippen molar-refractivity contribution in [1.82, 2.24) is 5.32 Å². The number of methoxy groups -OCH3 is 2. The zero-order chi connectivity index (χ0) is 22.0. The number of amides is 1. The van der Waals surface area contributed by atoms with E-state index in [1.54, 1.807) is 18.2 Å². The first-order chi connectivity index (χ1) is 15.0. The Kier molecular flexibility index (Phi) is 6.04. The molecule has 2 aromatic carbocycles. The van der Waals surface area contributed by atoms with Crippen molar-refractivity contribution in [3.63, 3.8) is 0 Å². The number of rotatable bonds is 5. The Morgan fingerprint density at radius 3 is 2.52 bits per heavy atom. The number of benzene rings is 2. The van der Waals surface area contributed by atoms with Crippen molar-refractivity contribution in [1.29, 1.82) is 0 Å². The van der Waals surface area contributed by atoms with Gasteiger partial charge < -0.3 is 19.7 Å². The van der Waals surface area contributed by atoms with Gasteiger partial charge in [-0.1, -0.05) is 18.2 Å². The summed E-state index contributed by atoms with van der Waals surface area (Å²) < 4.78 is 9.74. The predicted octanol–water partition coefficient (Wildman–Crippen LogP) is 3.11. The molecule has 31 heavy (non-hydrogen) atoms. The molecule has 2 aliphatic heterocycles. The summed E-state index contributed by atoms with van der Waals surface area (Å²) in [5.41, 5.74) is 2.70. The third-order valence-electron chi connectivity index (χ3n) is 6.25. The van der Waals surface area contributed by atoms with Gasteiger partial charge in [-0.25, -0.2) is 4.79 Å². The van der Waals surface area contributed by atoms with Crippen LogP contribution in [0.5, 0.6) is 0 Å². The second-order valence-corrected chi connectivity index (χ2v) is 7.87. The Bertz CT molecular complexity index is 991. The number of ether oxygens (including phenoxy) is 2. The third-order valence-corrected chi connectivity index (χ3v) is 6.25. The van der Waals surface area contributed by atoms with Gasteiger partial charge in [0.1, 0.15) is 0 Å². The first-order valence-corrected chi connectivity index (χ1v) is 10.5. The molecular formula is C24H26N2O5. The zero-order valence-corrected chi connectivity index (χ0v) is 17.7. The van der Waals surface area contributed by atoms with Crippen molar-refractivity contribution in [3.8, 4) is 0 Å². The van der Waals surface area contributed by atoms with Gasteiger partial charge in [0.25, 0.3) is 5.91 Å². The fourth-order valence-electron chi connectivity index (χ4n) is 4.81. The standard InChI is InChI=1S/C24H26N2O5/c1-30-21(27)11-10-19-17-12-13-25-22(17)18-14-16(24(29)31-2)8-9-20(18)26(19)23(28)15-6-4-3-5-7-15/h3-9,14,17,19,22,25H,10-13H2,1-2H3/t17-,19-,22-/m0/s1. The molecule has 0 aliphatic carbocycles. The zero-order valence-electron chi connectivity index (χ0n) is 17.7. The summed E-state index contributed by atoms with van der Waals surface area (Å²) in [5, 5.41) is 3.52. The van der Waals surface area contributed by atoms with Crippen LogP contribution in [-0.2, 0) is 14.3 Å². The maximum Gasteiger partial charge on any atom is 0.337 e. The fraction of sp³-hybridized carbons (Fsp3) is 0.375. The van der Waals surface area contributed by atoms with Gasteiger partial charge in [0, 0.05) is 35.7 Å². The van der Waals surface area contributed by atoms with Gasteiger partial charge in [0.2, 0.25) is 0 Å². The van der Waals surface area contributed by atoms with Crippen LogP contribution in [0.25, 0.3) is 0 Å². The van der Waals surface area contributed by atoms with E-state index in [9.17, 15) is 14.4 Å². The van der Waals surface area contributed by atoms with E-state index in [0.717, 1.165) is 24.2 Å².